The summed E-state index contributed by atoms with van der Waals surface area (Å²) in [5.74, 6) is 0.138. The van der Waals surface area contributed by atoms with Gasteiger partial charge >= 0.3 is 0 Å². The van der Waals surface area contributed by atoms with Crippen molar-refractivity contribution >= 4 is 27.7 Å². The molecule has 0 radical (unpaired) electrons. The van der Waals surface area contributed by atoms with E-state index >= 15 is 0 Å². The molecule has 0 bridgehead atoms. The van der Waals surface area contributed by atoms with Crippen LogP contribution in [0.3, 0.4) is 0 Å². The molecule has 2 amide bonds. The highest BCUT2D eigenvalue weighted by Crippen LogP contribution is 2.23. The number of halogens is 1. The Hall–Kier alpha value is -1.16. The van der Waals surface area contributed by atoms with Gasteiger partial charge in [0.25, 0.3) is 11.8 Å². The largest absolute Gasteiger partial charge is 0.274 e. The number of rotatable bonds is 4. The number of imide groups is 1. The van der Waals surface area contributed by atoms with Crippen molar-refractivity contribution in [3.05, 3.63) is 35.4 Å². The quantitative estimate of drug-likeness (QED) is 0.633. The lowest BCUT2D eigenvalue weighted by Crippen LogP contribution is -2.31. The van der Waals surface area contributed by atoms with Gasteiger partial charge in [0.15, 0.2) is 0 Å². The van der Waals surface area contributed by atoms with Gasteiger partial charge in [0, 0.05) is 11.9 Å². The van der Waals surface area contributed by atoms with Crippen LogP contribution in [-0.4, -0.2) is 28.6 Å². The topological polar surface area (TPSA) is 37.4 Å². The molecule has 17 heavy (non-hydrogen) atoms. The van der Waals surface area contributed by atoms with E-state index in [0.717, 1.165) is 11.8 Å². The zero-order valence-electron chi connectivity index (χ0n) is 9.65. The first-order valence-electron chi connectivity index (χ1n) is 5.66. The maximum atomic E-state index is 12.0. The van der Waals surface area contributed by atoms with Crippen molar-refractivity contribution in [2.24, 2.45) is 5.92 Å². The summed E-state index contributed by atoms with van der Waals surface area (Å²) in [5.41, 5.74) is 1.06. The molecular formula is C13H14BrNO2. The lowest BCUT2D eigenvalue weighted by Gasteiger charge is -2.15. The van der Waals surface area contributed by atoms with E-state index in [1.807, 2.05) is 0 Å². The van der Waals surface area contributed by atoms with Gasteiger partial charge in [-0.3, -0.25) is 14.5 Å². The average molecular weight is 296 g/mol. The van der Waals surface area contributed by atoms with E-state index in [9.17, 15) is 9.59 Å². The Labute approximate surface area is 109 Å². The van der Waals surface area contributed by atoms with E-state index < -0.39 is 0 Å². The lowest BCUT2D eigenvalue weighted by atomic mass is 10.1. The molecule has 1 aliphatic heterocycles. The Bertz CT molecular complexity index is 423. The molecule has 1 unspecified atom stereocenters. The third-order valence-electron chi connectivity index (χ3n) is 2.99. The average Bonchev–Trinajstić information content (AvgIpc) is 2.60. The smallest absolute Gasteiger partial charge is 0.261 e. The summed E-state index contributed by atoms with van der Waals surface area (Å²) in [7, 11) is 0. The van der Waals surface area contributed by atoms with E-state index in [2.05, 4.69) is 22.9 Å². The monoisotopic (exact) mass is 295 g/mol. The molecule has 1 heterocycles. The summed E-state index contributed by atoms with van der Waals surface area (Å²) in [5, 5.41) is 0.885. The van der Waals surface area contributed by atoms with Crippen LogP contribution in [0.1, 0.15) is 34.1 Å². The number of fused-ring (bicyclic) bond motifs is 1. The highest BCUT2D eigenvalue weighted by Gasteiger charge is 2.34. The molecule has 1 atom stereocenters. The molecule has 0 saturated heterocycles. The van der Waals surface area contributed by atoms with Gasteiger partial charge in [-0.15, -0.1) is 0 Å². The fraction of sp³-hybridized carbons (Fsp3) is 0.385. The predicted molar refractivity (Wildman–Crippen MR) is 69.4 cm³/mol. The highest BCUT2D eigenvalue weighted by atomic mass is 79.9. The first kappa shape index (κ1) is 12.3. The van der Waals surface area contributed by atoms with Crippen LogP contribution >= 0.6 is 15.9 Å². The summed E-state index contributed by atoms with van der Waals surface area (Å²) in [4.78, 5) is 25.4. The second-order valence-corrected chi connectivity index (χ2v) is 5.00. The summed E-state index contributed by atoms with van der Waals surface area (Å²) in [6.45, 7) is 2.59. The number of hydrogen-bond acceptors (Lipinski definition) is 2. The van der Waals surface area contributed by atoms with Crippen LogP contribution < -0.4 is 0 Å². The fourth-order valence-corrected chi connectivity index (χ4v) is 2.19. The third-order valence-corrected chi connectivity index (χ3v) is 4.09. The Morgan fingerprint density at radius 2 is 1.71 bits per heavy atom. The molecule has 0 N–H and O–H groups in total. The van der Waals surface area contributed by atoms with E-state index in [-0.39, 0.29) is 11.8 Å². The Morgan fingerprint density at radius 3 is 2.18 bits per heavy atom. The minimum Gasteiger partial charge on any atom is -0.274 e. The minimum absolute atomic E-state index is 0.160. The standard InChI is InChI=1S/C13H14BrNO2/c1-9(8-14)6-7-15-12(16)10-4-2-3-5-11(10)13(15)17/h2-5,9H,6-8H2,1H3. The maximum absolute atomic E-state index is 12.0. The van der Waals surface area contributed by atoms with Gasteiger partial charge in [0.2, 0.25) is 0 Å². The molecule has 1 aliphatic rings. The summed E-state index contributed by atoms with van der Waals surface area (Å²) < 4.78 is 0. The summed E-state index contributed by atoms with van der Waals surface area (Å²) in [6, 6.07) is 7.00. The van der Waals surface area contributed by atoms with E-state index in [0.29, 0.717) is 23.6 Å². The van der Waals surface area contributed by atoms with Crippen LogP contribution in [0, 0.1) is 5.92 Å². The second-order valence-electron chi connectivity index (χ2n) is 4.36. The second kappa shape index (κ2) is 5.00. The van der Waals surface area contributed by atoms with Crippen molar-refractivity contribution in [1.82, 2.24) is 4.90 Å². The van der Waals surface area contributed by atoms with Crippen LogP contribution in [-0.2, 0) is 0 Å². The summed E-state index contributed by atoms with van der Waals surface area (Å²) >= 11 is 3.39. The maximum Gasteiger partial charge on any atom is 0.261 e. The van der Waals surface area contributed by atoms with Crippen molar-refractivity contribution in [2.45, 2.75) is 13.3 Å². The van der Waals surface area contributed by atoms with E-state index in [1.165, 1.54) is 4.90 Å². The van der Waals surface area contributed by atoms with Gasteiger partial charge in [-0.25, -0.2) is 0 Å². The van der Waals surface area contributed by atoms with E-state index in [1.54, 1.807) is 24.3 Å². The van der Waals surface area contributed by atoms with Crippen molar-refractivity contribution in [2.75, 3.05) is 11.9 Å². The van der Waals surface area contributed by atoms with Crippen molar-refractivity contribution in [3.8, 4) is 0 Å². The van der Waals surface area contributed by atoms with Gasteiger partial charge in [-0.05, 0) is 24.5 Å². The van der Waals surface area contributed by atoms with Crippen molar-refractivity contribution in [1.29, 1.82) is 0 Å². The zero-order valence-corrected chi connectivity index (χ0v) is 11.2. The van der Waals surface area contributed by atoms with E-state index in [4.69, 9.17) is 0 Å². The molecule has 2 rings (SSSR count). The van der Waals surface area contributed by atoms with Crippen LogP contribution in [0.4, 0.5) is 0 Å². The predicted octanol–water partition coefficient (Wildman–Crippen LogP) is 2.70. The van der Waals surface area contributed by atoms with Gasteiger partial charge in [-0.1, -0.05) is 35.0 Å². The minimum atomic E-state index is -0.160. The third kappa shape index (κ3) is 2.27. The first-order chi connectivity index (χ1) is 8.15. The highest BCUT2D eigenvalue weighted by molar-refractivity contribution is 9.09. The SMILES string of the molecule is CC(CBr)CCN1C(=O)c2ccccc2C1=O. The Morgan fingerprint density at radius 1 is 1.18 bits per heavy atom. The number of alkyl halides is 1. The molecule has 0 spiro atoms. The first-order valence-corrected chi connectivity index (χ1v) is 6.78. The fourth-order valence-electron chi connectivity index (χ4n) is 1.87. The van der Waals surface area contributed by atoms with Gasteiger partial charge in [0.05, 0.1) is 11.1 Å². The number of hydrogen-bond donors (Lipinski definition) is 0. The van der Waals surface area contributed by atoms with Crippen LogP contribution in [0.5, 0.6) is 0 Å². The number of carbonyl (C=O) groups is 2. The Kier molecular flexibility index (Phi) is 3.62. The van der Waals surface area contributed by atoms with Gasteiger partial charge < -0.3 is 0 Å². The normalized spacial score (nSPS) is 16.2. The molecule has 0 saturated carbocycles. The molecule has 4 heteroatoms. The molecule has 3 nitrogen and oxygen atoms in total. The lowest BCUT2D eigenvalue weighted by molar-refractivity contribution is 0.0648. The molecule has 0 aromatic heterocycles. The molecular weight excluding hydrogens is 282 g/mol. The van der Waals surface area contributed by atoms with Crippen molar-refractivity contribution < 1.29 is 9.59 Å². The number of nitrogens with zero attached hydrogens (tertiary/aromatic N) is 1. The molecule has 0 fully saturated rings. The van der Waals surface area contributed by atoms with Gasteiger partial charge in [0.1, 0.15) is 0 Å². The van der Waals surface area contributed by atoms with Crippen LogP contribution in [0.2, 0.25) is 0 Å². The number of benzene rings is 1. The molecule has 0 aliphatic carbocycles. The molecule has 90 valence electrons. The van der Waals surface area contributed by atoms with Crippen molar-refractivity contribution in [3.63, 3.8) is 0 Å². The Balaban J connectivity index is 2.13. The molecule has 1 aromatic carbocycles. The zero-order chi connectivity index (χ0) is 12.4. The van der Waals surface area contributed by atoms with Gasteiger partial charge in [-0.2, -0.15) is 0 Å². The molecule has 1 aromatic rings. The van der Waals surface area contributed by atoms with Crippen LogP contribution in [0.15, 0.2) is 24.3 Å². The number of amides is 2. The number of carbonyl (C=O) groups excluding carboxylic acids is 2. The van der Waals surface area contributed by atoms with Crippen LogP contribution in [0.25, 0.3) is 0 Å². The summed E-state index contributed by atoms with van der Waals surface area (Å²) in [6.07, 6.45) is 0.830.